The van der Waals surface area contributed by atoms with E-state index in [1.54, 1.807) is 16.7 Å². The standard InChI is InChI=1S/C27H34Si2.2ClH.Zr/c1-28(2,3)18-23-17-21(25-13-9-10-14-26(23)25)16-22-15-20-11-7-8-12-24(20)27(22)19-29(4,5)6;;;/h7-15,17H,16,18-19H2,1-6H3;2*1H;/q-2;;;+4/p-2. The van der Waals surface area contributed by atoms with Crippen molar-refractivity contribution in [3.63, 3.8) is 0 Å². The Labute approximate surface area is 227 Å². The van der Waals surface area contributed by atoms with Crippen LogP contribution in [0, 0.1) is 0 Å². The first kappa shape index (κ1) is 29.6. The largest absolute Gasteiger partial charge is 4.00 e. The van der Waals surface area contributed by atoms with E-state index in [0.29, 0.717) is 0 Å². The summed E-state index contributed by atoms with van der Waals surface area (Å²) >= 11 is 0. The van der Waals surface area contributed by atoms with E-state index in [4.69, 9.17) is 0 Å². The van der Waals surface area contributed by atoms with E-state index in [1.807, 2.05) is 0 Å². The van der Waals surface area contributed by atoms with Crippen molar-refractivity contribution in [1.29, 1.82) is 0 Å². The fraction of sp³-hybridized carbons (Fsp3) is 0.333. The summed E-state index contributed by atoms with van der Waals surface area (Å²) in [6, 6.07) is 25.6. The molecule has 4 aromatic carbocycles. The number of rotatable bonds is 6. The Morgan fingerprint density at radius 1 is 0.750 bits per heavy atom. The molecule has 0 fully saturated rings. The molecule has 0 saturated carbocycles. The van der Waals surface area contributed by atoms with Crippen LogP contribution in [0.25, 0.3) is 21.5 Å². The van der Waals surface area contributed by atoms with Gasteiger partial charge in [0.05, 0.1) is 0 Å². The average Bonchev–Trinajstić information content (AvgIpc) is 3.12. The van der Waals surface area contributed by atoms with E-state index >= 15 is 0 Å². The molecule has 0 nitrogen and oxygen atoms in total. The van der Waals surface area contributed by atoms with Gasteiger partial charge >= 0.3 is 26.2 Å². The van der Waals surface area contributed by atoms with Crippen LogP contribution in [0.2, 0.25) is 39.3 Å². The van der Waals surface area contributed by atoms with Crippen LogP contribution in [0.1, 0.15) is 22.3 Å². The molecule has 0 N–H and O–H groups in total. The second-order valence-electron chi connectivity index (χ2n) is 11.1. The van der Waals surface area contributed by atoms with Gasteiger partial charge in [0, 0.05) is 16.1 Å². The van der Waals surface area contributed by atoms with Gasteiger partial charge in [-0.1, -0.05) is 69.9 Å². The minimum atomic E-state index is -1.20. The topological polar surface area (TPSA) is 0 Å². The second kappa shape index (κ2) is 11.3. The third-order valence-corrected chi connectivity index (χ3v) is 8.64. The van der Waals surface area contributed by atoms with Crippen molar-refractivity contribution in [3.8, 4) is 0 Å². The number of hydrogen-bond acceptors (Lipinski definition) is 0. The Morgan fingerprint density at radius 3 is 1.94 bits per heavy atom. The maximum absolute atomic E-state index is 2.53. The van der Waals surface area contributed by atoms with Crippen LogP contribution in [-0.2, 0) is 44.7 Å². The Morgan fingerprint density at radius 2 is 1.31 bits per heavy atom. The number of benzene rings is 2. The Hall–Kier alpha value is -0.443. The Kier molecular flexibility index (Phi) is 10.5. The molecule has 0 aromatic heterocycles. The molecule has 4 aromatic rings. The molecule has 0 unspecified atom stereocenters. The minimum Gasteiger partial charge on any atom is -1.00 e. The molecular formula is C27H34Cl2Si2Zr. The average molecular weight is 577 g/mol. The fourth-order valence-corrected chi connectivity index (χ4v) is 7.63. The molecule has 0 amide bonds. The quantitative estimate of drug-likeness (QED) is 0.243. The molecule has 168 valence electrons. The van der Waals surface area contributed by atoms with Crippen molar-refractivity contribution in [2.45, 2.75) is 57.8 Å². The third-order valence-electron chi connectivity index (χ3n) is 5.78. The molecule has 0 heterocycles. The van der Waals surface area contributed by atoms with Gasteiger partial charge in [-0.15, -0.1) is 81.2 Å². The van der Waals surface area contributed by atoms with E-state index < -0.39 is 16.1 Å². The van der Waals surface area contributed by atoms with Gasteiger partial charge in [0.15, 0.2) is 0 Å². The SMILES string of the molecule is C[Si](C)(C)Cc1c(C[c-]2cc(C[Si](C)(C)C)c3ccccc32)[cH-]c2ccccc12.[Cl-].[Cl-].[Zr+4]. The van der Waals surface area contributed by atoms with Crippen LogP contribution in [0.5, 0.6) is 0 Å². The molecule has 32 heavy (non-hydrogen) atoms. The zero-order valence-corrected chi connectivity index (χ0v) is 26.1. The molecule has 0 bridgehead atoms. The Bertz CT molecular complexity index is 1160. The van der Waals surface area contributed by atoms with Gasteiger partial charge < -0.3 is 24.8 Å². The van der Waals surface area contributed by atoms with Gasteiger partial charge in [-0.2, -0.15) is 11.1 Å². The van der Waals surface area contributed by atoms with Crippen molar-refractivity contribution in [2.75, 3.05) is 0 Å². The molecule has 0 aliphatic heterocycles. The molecule has 4 rings (SSSR count). The first-order valence-corrected chi connectivity index (χ1v) is 18.3. The van der Waals surface area contributed by atoms with Gasteiger partial charge in [-0.3, -0.25) is 0 Å². The van der Waals surface area contributed by atoms with Crippen molar-refractivity contribution < 1.29 is 51.0 Å². The molecule has 5 heteroatoms. The normalized spacial score (nSPS) is 11.7. The van der Waals surface area contributed by atoms with Gasteiger partial charge in [-0.05, 0) is 0 Å². The number of hydrogen-bond donors (Lipinski definition) is 0. The molecule has 0 aliphatic rings. The van der Waals surface area contributed by atoms with Crippen LogP contribution in [0.3, 0.4) is 0 Å². The maximum Gasteiger partial charge on any atom is 4.00 e. The summed E-state index contributed by atoms with van der Waals surface area (Å²) in [6.45, 7) is 14.9. The summed E-state index contributed by atoms with van der Waals surface area (Å²) in [7, 11) is -2.36. The summed E-state index contributed by atoms with van der Waals surface area (Å²) in [6.07, 6.45) is 1.06. The first-order chi connectivity index (χ1) is 13.6. The predicted octanol–water partition coefficient (Wildman–Crippen LogP) is 1.87. The minimum absolute atomic E-state index is 0. The molecule has 0 radical (unpaired) electrons. The van der Waals surface area contributed by atoms with Crippen LogP contribution in [0.15, 0.2) is 60.7 Å². The molecule has 0 saturated heterocycles. The molecule has 0 aliphatic carbocycles. The van der Waals surface area contributed by atoms with Crippen LogP contribution in [-0.4, -0.2) is 16.1 Å². The van der Waals surface area contributed by atoms with Crippen LogP contribution < -0.4 is 24.8 Å². The summed E-state index contributed by atoms with van der Waals surface area (Å²) < 4.78 is 0. The molecular weight excluding hydrogens is 543 g/mol. The fourth-order valence-electron chi connectivity index (χ4n) is 4.72. The summed E-state index contributed by atoms with van der Waals surface area (Å²) in [5, 5.41) is 5.83. The van der Waals surface area contributed by atoms with Crippen molar-refractivity contribution in [3.05, 3.63) is 82.9 Å². The van der Waals surface area contributed by atoms with Crippen molar-refractivity contribution in [2.24, 2.45) is 0 Å². The molecule has 0 spiro atoms. The first-order valence-electron chi connectivity index (χ1n) is 10.9. The summed E-state index contributed by atoms with van der Waals surface area (Å²) in [4.78, 5) is 0. The zero-order chi connectivity index (χ0) is 20.8. The zero-order valence-electron chi connectivity index (χ0n) is 20.2. The van der Waals surface area contributed by atoms with E-state index in [0.717, 1.165) is 6.42 Å². The van der Waals surface area contributed by atoms with Crippen LogP contribution >= 0.6 is 0 Å². The molecule has 0 atom stereocenters. The smallest absolute Gasteiger partial charge is 1.00 e. The van der Waals surface area contributed by atoms with Crippen LogP contribution in [0.4, 0.5) is 0 Å². The van der Waals surface area contributed by atoms with Gasteiger partial charge in [0.1, 0.15) is 0 Å². The van der Waals surface area contributed by atoms with Gasteiger partial charge in [-0.25, -0.2) is 0 Å². The predicted molar refractivity (Wildman–Crippen MR) is 136 cm³/mol. The summed E-state index contributed by atoms with van der Waals surface area (Å²) in [5.41, 5.74) is 6.24. The van der Waals surface area contributed by atoms with E-state index in [1.165, 1.54) is 39.2 Å². The number of halogens is 2. The van der Waals surface area contributed by atoms with Crippen molar-refractivity contribution >= 4 is 37.7 Å². The Balaban J connectivity index is 0.00000171. The third kappa shape index (κ3) is 6.80. The van der Waals surface area contributed by atoms with Gasteiger partial charge in [0.25, 0.3) is 0 Å². The van der Waals surface area contributed by atoms with Crippen molar-refractivity contribution in [1.82, 2.24) is 0 Å². The number of fused-ring (bicyclic) bond motifs is 2. The second-order valence-corrected chi connectivity index (χ2v) is 22.1. The van der Waals surface area contributed by atoms with E-state index in [9.17, 15) is 0 Å². The van der Waals surface area contributed by atoms with E-state index in [-0.39, 0.29) is 51.0 Å². The van der Waals surface area contributed by atoms with E-state index in [2.05, 4.69) is 99.9 Å². The van der Waals surface area contributed by atoms with Gasteiger partial charge in [0.2, 0.25) is 0 Å². The monoisotopic (exact) mass is 574 g/mol. The maximum atomic E-state index is 2.53. The summed E-state index contributed by atoms with van der Waals surface area (Å²) in [5.74, 6) is 0.